The van der Waals surface area contributed by atoms with Crippen molar-refractivity contribution in [3.05, 3.63) is 53.1 Å². The number of nitrogens with zero attached hydrogens (tertiary/aromatic N) is 3. The van der Waals surface area contributed by atoms with Crippen LogP contribution in [0.15, 0.2) is 30.5 Å². The summed E-state index contributed by atoms with van der Waals surface area (Å²) in [6.07, 6.45) is 4.70. The summed E-state index contributed by atoms with van der Waals surface area (Å²) in [5.74, 6) is 1.47. The SMILES string of the molecule is COc1ccccc1C(=O)N1[C@H]2CC[C@@H]1c1cnc(C)nc1C2. The van der Waals surface area contributed by atoms with Gasteiger partial charge in [0, 0.05) is 24.2 Å². The predicted octanol–water partition coefficient (Wildman–Crippen LogP) is 2.70. The fourth-order valence-electron chi connectivity index (χ4n) is 3.85. The fourth-order valence-corrected chi connectivity index (χ4v) is 3.85. The molecule has 0 radical (unpaired) electrons. The predicted molar refractivity (Wildman–Crippen MR) is 85.4 cm³/mol. The first-order valence-electron chi connectivity index (χ1n) is 7.97. The Bertz CT molecular complexity index is 775. The summed E-state index contributed by atoms with van der Waals surface area (Å²) in [4.78, 5) is 24.1. The molecule has 1 fully saturated rings. The lowest BCUT2D eigenvalue weighted by atomic mass is 9.98. The molecule has 5 nitrogen and oxygen atoms in total. The van der Waals surface area contributed by atoms with Crippen molar-refractivity contribution < 1.29 is 9.53 Å². The van der Waals surface area contributed by atoms with Crippen LogP contribution in [0.2, 0.25) is 0 Å². The number of amides is 1. The Balaban J connectivity index is 1.73. The maximum Gasteiger partial charge on any atom is 0.258 e. The highest BCUT2D eigenvalue weighted by Gasteiger charge is 2.44. The molecule has 2 bridgehead atoms. The Morgan fingerprint density at radius 2 is 2.13 bits per heavy atom. The van der Waals surface area contributed by atoms with E-state index in [0.717, 1.165) is 36.3 Å². The second kappa shape index (κ2) is 5.33. The summed E-state index contributed by atoms with van der Waals surface area (Å²) in [5, 5.41) is 0. The van der Waals surface area contributed by atoms with Crippen molar-refractivity contribution in [3.63, 3.8) is 0 Å². The fraction of sp³-hybridized carbons (Fsp3) is 0.389. The number of aryl methyl sites for hydroxylation is 1. The third-order valence-corrected chi connectivity index (χ3v) is 4.88. The number of para-hydroxylation sites is 1. The molecule has 1 amide bonds. The number of aromatic nitrogens is 2. The molecule has 1 saturated heterocycles. The van der Waals surface area contributed by atoms with Gasteiger partial charge in [-0.1, -0.05) is 12.1 Å². The molecular weight excluding hydrogens is 290 g/mol. The first-order chi connectivity index (χ1) is 11.2. The minimum atomic E-state index is 0.0428. The van der Waals surface area contributed by atoms with Gasteiger partial charge in [0.2, 0.25) is 0 Å². The van der Waals surface area contributed by atoms with Crippen LogP contribution in [0.1, 0.15) is 46.3 Å². The first-order valence-corrected chi connectivity index (χ1v) is 7.97. The molecule has 2 atom stereocenters. The maximum absolute atomic E-state index is 13.1. The maximum atomic E-state index is 13.1. The molecule has 2 aliphatic rings. The van der Waals surface area contributed by atoms with Crippen molar-refractivity contribution in [2.24, 2.45) is 0 Å². The van der Waals surface area contributed by atoms with E-state index in [-0.39, 0.29) is 18.0 Å². The van der Waals surface area contributed by atoms with Crippen LogP contribution in [0.5, 0.6) is 5.75 Å². The van der Waals surface area contributed by atoms with E-state index in [1.165, 1.54) is 0 Å². The molecule has 2 aromatic rings. The lowest BCUT2D eigenvalue weighted by molar-refractivity contribution is 0.0640. The highest BCUT2D eigenvalue weighted by molar-refractivity contribution is 5.97. The molecule has 118 valence electrons. The van der Waals surface area contributed by atoms with Crippen LogP contribution < -0.4 is 4.74 Å². The average Bonchev–Trinajstić information content (AvgIpc) is 2.89. The molecule has 0 unspecified atom stereocenters. The largest absolute Gasteiger partial charge is 0.496 e. The number of hydrogen-bond acceptors (Lipinski definition) is 4. The highest BCUT2D eigenvalue weighted by Crippen LogP contribution is 2.44. The van der Waals surface area contributed by atoms with Gasteiger partial charge in [-0.2, -0.15) is 0 Å². The molecule has 1 aromatic carbocycles. The summed E-state index contributed by atoms with van der Waals surface area (Å²) < 4.78 is 5.36. The molecule has 2 aliphatic heterocycles. The molecule has 0 N–H and O–H groups in total. The lowest BCUT2D eigenvalue weighted by Gasteiger charge is -2.36. The third kappa shape index (κ3) is 2.19. The second-order valence-corrected chi connectivity index (χ2v) is 6.18. The summed E-state index contributed by atoms with van der Waals surface area (Å²) in [5.41, 5.74) is 2.84. The van der Waals surface area contributed by atoms with Crippen molar-refractivity contribution in [2.45, 2.75) is 38.3 Å². The van der Waals surface area contributed by atoms with Gasteiger partial charge >= 0.3 is 0 Å². The minimum absolute atomic E-state index is 0.0428. The molecule has 1 aromatic heterocycles. The first kappa shape index (κ1) is 14.2. The van der Waals surface area contributed by atoms with Crippen LogP contribution in [0, 0.1) is 6.92 Å². The zero-order chi connectivity index (χ0) is 16.0. The molecular formula is C18H19N3O2. The number of benzene rings is 1. The van der Waals surface area contributed by atoms with E-state index in [1.54, 1.807) is 7.11 Å². The van der Waals surface area contributed by atoms with Crippen LogP contribution in [-0.4, -0.2) is 33.9 Å². The van der Waals surface area contributed by atoms with Crippen LogP contribution in [0.3, 0.4) is 0 Å². The minimum Gasteiger partial charge on any atom is -0.496 e. The van der Waals surface area contributed by atoms with Gasteiger partial charge in [-0.15, -0.1) is 0 Å². The quantitative estimate of drug-likeness (QED) is 0.856. The number of hydrogen-bond donors (Lipinski definition) is 0. The normalized spacial score (nSPS) is 21.9. The second-order valence-electron chi connectivity index (χ2n) is 6.18. The van der Waals surface area contributed by atoms with Crippen molar-refractivity contribution in [1.82, 2.24) is 14.9 Å². The number of ether oxygens (including phenoxy) is 1. The van der Waals surface area contributed by atoms with Gasteiger partial charge in [0.25, 0.3) is 5.91 Å². The summed E-state index contributed by atoms with van der Waals surface area (Å²) in [6.45, 7) is 1.91. The van der Waals surface area contributed by atoms with Crippen molar-refractivity contribution in [1.29, 1.82) is 0 Å². The smallest absolute Gasteiger partial charge is 0.258 e. The topological polar surface area (TPSA) is 55.3 Å². The summed E-state index contributed by atoms with van der Waals surface area (Å²) in [7, 11) is 1.60. The van der Waals surface area contributed by atoms with E-state index >= 15 is 0 Å². The van der Waals surface area contributed by atoms with Crippen LogP contribution >= 0.6 is 0 Å². The Hall–Kier alpha value is -2.43. The van der Waals surface area contributed by atoms with Gasteiger partial charge in [-0.05, 0) is 31.9 Å². The van der Waals surface area contributed by atoms with Gasteiger partial charge in [0.15, 0.2) is 0 Å². The monoisotopic (exact) mass is 309 g/mol. The highest BCUT2D eigenvalue weighted by atomic mass is 16.5. The Labute approximate surface area is 135 Å². The molecule has 5 heteroatoms. The molecule has 23 heavy (non-hydrogen) atoms. The van der Waals surface area contributed by atoms with E-state index in [9.17, 15) is 4.79 Å². The standard InChI is InChI=1S/C18H19N3O2/c1-11-19-10-14-15(20-11)9-12-7-8-16(14)21(12)18(22)13-5-3-4-6-17(13)23-2/h3-6,10,12,16H,7-9H2,1-2H3/t12-,16+/m0/s1. The van der Waals surface area contributed by atoms with Gasteiger partial charge in [0.05, 0.1) is 24.4 Å². The van der Waals surface area contributed by atoms with Gasteiger partial charge in [0.1, 0.15) is 11.6 Å². The van der Waals surface area contributed by atoms with E-state index in [4.69, 9.17) is 4.74 Å². The van der Waals surface area contributed by atoms with Gasteiger partial charge < -0.3 is 9.64 Å². The molecule has 0 aliphatic carbocycles. The van der Waals surface area contributed by atoms with Crippen LogP contribution in [0.4, 0.5) is 0 Å². The van der Waals surface area contributed by atoms with Crippen LogP contribution in [0.25, 0.3) is 0 Å². The number of fused-ring (bicyclic) bond motifs is 4. The van der Waals surface area contributed by atoms with Crippen molar-refractivity contribution in [2.75, 3.05) is 7.11 Å². The summed E-state index contributed by atoms with van der Waals surface area (Å²) >= 11 is 0. The number of rotatable bonds is 2. The van der Waals surface area contributed by atoms with Gasteiger partial charge in [-0.3, -0.25) is 4.79 Å². The average molecular weight is 309 g/mol. The zero-order valence-electron chi connectivity index (χ0n) is 13.3. The Morgan fingerprint density at radius 3 is 2.96 bits per heavy atom. The molecule has 0 spiro atoms. The van der Waals surface area contributed by atoms with E-state index in [2.05, 4.69) is 9.97 Å². The van der Waals surface area contributed by atoms with E-state index in [1.807, 2.05) is 42.3 Å². The van der Waals surface area contributed by atoms with Crippen molar-refractivity contribution in [3.8, 4) is 5.75 Å². The molecule has 3 heterocycles. The Kier molecular flexibility index (Phi) is 3.29. The third-order valence-electron chi connectivity index (χ3n) is 4.88. The van der Waals surface area contributed by atoms with E-state index in [0.29, 0.717) is 11.3 Å². The van der Waals surface area contributed by atoms with E-state index < -0.39 is 0 Å². The lowest BCUT2D eigenvalue weighted by Crippen LogP contribution is -2.42. The van der Waals surface area contributed by atoms with Crippen LogP contribution in [-0.2, 0) is 6.42 Å². The van der Waals surface area contributed by atoms with Gasteiger partial charge in [-0.25, -0.2) is 9.97 Å². The zero-order valence-corrected chi connectivity index (χ0v) is 13.3. The number of methoxy groups -OCH3 is 1. The number of carbonyl (C=O) groups excluding carboxylic acids is 1. The Morgan fingerprint density at radius 1 is 1.30 bits per heavy atom. The summed E-state index contributed by atoms with van der Waals surface area (Å²) in [6, 6.07) is 7.73. The molecule has 4 rings (SSSR count). The molecule has 0 saturated carbocycles. The van der Waals surface area contributed by atoms with Crippen molar-refractivity contribution >= 4 is 5.91 Å². The number of carbonyl (C=O) groups is 1.